The first-order chi connectivity index (χ1) is 6.63. The topological polar surface area (TPSA) is 32.3 Å². The molecule has 2 nitrogen and oxygen atoms in total. The predicted octanol–water partition coefficient (Wildman–Crippen LogP) is 1.94. The minimum Gasteiger partial charge on any atom is -0.384 e. The lowest BCUT2D eigenvalue weighted by Crippen LogP contribution is -2.28. The number of hydrogen-bond donors (Lipinski definition) is 2. The van der Waals surface area contributed by atoms with Crippen LogP contribution < -0.4 is 5.32 Å². The van der Waals surface area contributed by atoms with Gasteiger partial charge in [0.15, 0.2) is 0 Å². The second-order valence-electron chi connectivity index (χ2n) is 3.89. The standard InChI is InChI=1S/C11H14BrNO/c1-8-3-2-4-9(10(8)12)11(14)5-6-13-7-11/h2-4,13-14H,5-7H2,1H3. The lowest BCUT2D eigenvalue weighted by molar-refractivity contribution is 0.0579. The first-order valence-electron chi connectivity index (χ1n) is 4.82. The molecule has 1 aliphatic heterocycles. The van der Waals surface area contributed by atoms with Gasteiger partial charge < -0.3 is 10.4 Å². The summed E-state index contributed by atoms with van der Waals surface area (Å²) in [6, 6.07) is 6.02. The van der Waals surface area contributed by atoms with Crippen molar-refractivity contribution in [2.75, 3.05) is 13.1 Å². The molecule has 1 aromatic carbocycles. The number of halogens is 1. The van der Waals surface area contributed by atoms with E-state index in [1.165, 1.54) is 5.56 Å². The average molecular weight is 256 g/mol. The van der Waals surface area contributed by atoms with Gasteiger partial charge in [0.2, 0.25) is 0 Å². The van der Waals surface area contributed by atoms with E-state index in [2.05, 4.69) is 21.2 Å². The fraction of sp³-hybridized carbons (Fsp3) is 0.455. The Labute approximate surface area is 92.5 Å². The fourth-order valence-electron chi connectivity index (χ4n) is 1.92. The van der Waals surface area contributed by atoms with Crippen LogP contribution in [0.25, 0.3) is 0 Å². The number of nitrogens with one attached hydrogen (secondary N) is 1. The predicted molar refractivity (Wildman–Crippen MR) is 60.3 cm³/mol. The zero-order valence-electron chi connectivity index (χ0n) is 8.18. The summed E-state index contributed by atoms with van der Waals surface area (Å²) < 4.78 is 1.03. The molecule has 0 aliphatic carbocycles. The van der Waals surface area contributed by atoms with Gasteiger partial charge in [-0.15, -0.1) is 0 Å². The summed E-state index contributed by atoms with van der Waals surface area (Å²) in [5, 5.41) is 13.6. The van der Waals surface area contributed by atoms with Gasteiger partial charge in [0, 0.05) is 11.0 Å². The lowest BCUT2D eigenvalue weighted by Gasteiger charge is -2.23. The highest BCUT2D eigenvalue weighted by Crippen LogP contribution is 2.34. The zero-order chi connectivity index (χ0) is 10.2. The number of rotatable bonds is 1. The Bertz CT molecular complexity index is 345. The molecule has 0 radical (unpaired) electrons. The Kier molecular flexibility index (Phi) is 2.64. The third-order valence-corrected chi connectivity index (χ3v) is 3.88. The first kappa shape index (κ1) is 10.1. The van der Waals surface area contributed by atoms with Crippen molar-refractivity contribution in [3.8, 4) is 0 Å². The van der Waals surface area contributed by atoms with Gasteiger partial charge in [0.05, 0.1) is 0 Å². The van der Waals surface area contributed by atoms with Crippen LogP contribution in [-0.2, 0) is 5.60 Å². The van der Waals surface area contributed by atoms with Gasteiger partial charge in [-0.3, -0.25) is 0 Å². The van der Waals surface area contributed by atoms with Crippen molar-refractivity contribution >= 4 is 15.9 Å². The Morgan fingerprint density at radius 2 is 2.29 bits per heavy atom. The molecule has 0 aromatic heterocycles. The average Bonchev–Trinajstić information content (AvgIpc) is 2.58. The van der Waals surface area contributed by atoms with Crippen LogP contribution in [0.15, 0.2) is 22.7 Å². The summed E-state index contributed by atoms with van der Waals surface area (Å²) in [6.45, 7) is 3.57. The van der Waals surface area contributed by atoms with E-state index in [0.717, 1.165) is 23.0 Å². The highest BCUT2D eigenvalue weighted by atomic mass is 79.9. The Balaban J connectivity index is 2.45. The molecule has 1 unspecified atom stereocenters. The van der Waals surface area contributed by atoms with E-state index in [-0.39, 0.29) is 0 Å². The molecule has 1 saturated heterocycles. The largest absolute Gasteiger partial charge is 0.384 e. The van der Waals surface area contributed by atoms with E-state index in [4.69, 9.17) is 0 Å². The highest BCUT2D eigenvalue weighted by Gasteiger charge is 2.34. The molecule has 1 aliphatic rings. The molecule has 1 aromatic rings. The minimum absolute atomic E-state index is 0.648. The van der Waals surface area contributed by atoms with Crippen molar-refractivity contribution in [3.63, 3.8) is 0 Å². The van der Waals surface area contributed by atoms with Crippen molar-refractivity contribution in [2.45, 2.75) is 18.9 Å². The molecular weight excluding hydrogens is 242 g/mol. The number of β-amino-alcohol motifs (C(OH)–C–C–N with tert-alkyl or cyclic N) is 1. The monoisotopic (exact) mass is 255 g/mol. The van der Waals surface area contributed by atoms with Crippen molar-refractivity contribution in [1.82, 2.24) is 5.32 Å². The quantitative estimate of drug-likeness (QED) is 0.804. The molecule has 1 heterocycles. The van der Waals surface area contributed by atoms with Gasteiger partial charge in [-0.05, 0) is 31.0 Å². The van der Waals surface area contributed by atoms with Crippen molar-refractivity contribution in [1.29, 1.82) is 0 Å². The highest BCUT2D eigenvalue weighted by molar-refractivity contribution is 9.10. The molecule has 1 fully saturated rings. The van der Waals surface area contributed by atoms with Crippen molar-refractivity contribution in [3.05, 3.63) is 33.8 Å². The van der Waals surface area contributed by atoms with Gasteiger partial charge in [-0.25, -0.2) is 0 Å². The van der Waals surface area contributed by atoms with Crippen LogP contribution >= 0.6 is 15.9 Å². The van der Waals surface area contributed by atoms with Crippen LogP contribution in [0.1, 0.15) is 17.5 Å². The van der Waals surface area contributed by atoms with E-state index in [1.54, 1.807) is 0 Å². The van der Waals surface area contributed by atoms with Crippen LogP contribution in [-0.4, -0.2) is 18.2 Å². The lowest BCUT2D eigenvalue weighted by atomic mass is 9.92. The summed E-state index contributed by atoms with van der Waals surface area (Å²) in [4.78, 5) is 0. The molecule has 0 saturated carbocycles. The first-order valence-corrected chi connectivity index (χ1v) is 5.61. The second-order valence-corrected chi connectivity index (χ2v) is 4.69. The maximum atomic E-state index is 10.4. The molecule has 2 rings (SSSR count). The van der Waals surface area contributed by atoms with E-state index in [1.807, 2.05) is 25.1 Å². The van der Waals surface area contributed by atoms with Crippen molar-refractivity contribution < 1.29 is 5.11 Å². The minimum atomic E-state index is -0.690. The summed E-state index contributed by atoms with van der Waals surface area (Å²) in [5.41, 5.74) is 1.48. The second kappa shape index (κ2) is 3.65. The molecule has 3 heteroatoms. The van der Waals surface area contributed by atoms with E-state index in [0.29, 0.717) is 6.54 Å². The molecular formula is C11H14BrNO. The van der Waals surface area contributed by atoms with Gasteiger partial charge >= 0.3 is 0 Å². The number of aryl methyl sites for hydroxylation is 1. The smallest absolute Gasteiger partial charge is 0.104 e. The molecule has 0 amide bonds. The fourth-order valence-corrected chi connectivity index (χ4v) is 2.55. The van der Waals surface area contributed by atoms with Crippen LogP contribution in [0.5, 0.6) is 0 Å². The third kappa shape index (κ3) is 1.60. The third-order valence-electron chi connectivity index (χ3n) is 2.83. The number of benzene rings is 1. The summed E-state index contributed by atoms with van der Waals surface area (Å²) in [6.07, 6.45) is 0.787. The Morgan fingerprint density at radius 3 is 2.93 bits per heavy atom. The maximum absolute atomic E-state index is 10.4. The van der Waals surface area contributed by atoms with E-state index < -0.39 is 5.60 Å². The Morgan fingerprint density at radius 1 is 1.50 bits per heavy atom. The van der Waals surface area contributed by atoms with E-state index in [9.17, 15) is 5.11 Å². The normalized spacial score (nSPS) is 26.8. The zero-order valence-corrected chi connectivity index (χ0v) is 9.76. The molecule has 1 atom stereocenters. The molecule has 76 valence electrons. The van der Waals surface area contributed by atoms with Gasteiger partial charge in [0.25, 0.3) is 0 Å². The molecule has 0 bridgehead atoms. The Hall–Kier alpha value is -0.380. The summed E-state index contributed by atoms with van der Waals surface area (Å²) in [7, 11) is 0. The van der Waals surface area contributed by atoms with Gasteiger partial charge in [0.1, 0.15) is 5.60 Å². The van der Waals surface area contributed by atoms with Gasteiger partial charge in [-0.1, -0.05) is 34.1 Å². The van der Waals surface area contributed by atoms with Crippen LogP contribution in [0.3, 0.4) is 0 Å². The SMILES string of the molecule is Cc1cccc(C2(O)CCNC2)c1Br. The van der Waals surface area contributed by atoms with Crippen LogP contribution in [0, 0.1) is 6.92 Å². The maximum Gasteiger partial charge on any atom is 0.104 e. The van der Waals surface area contributed by atoms with E-state index >= 15 is 0 Å². The van der Waals surface area contributed by atoms with Crippen LogP contribution in [0.4, 0.5) is 0 Å². The van der Waals surface area contributed by atoms with Crippen LogP contribution in [0.2, 0.25) is 0 Å². The molecule has 2 N–H and O–H groups in total. The number of hydrogen-bond acceptors (Lipinski definition) is 2. The van der Waals surface area contributed by atoms with Crippen molar-refractivity contribution in [2.24, 2.45) is 0 Å². The van der Waals surface area contributed by atoms with Gasteiger partial charge in [-0.2, -0.15) is 0 Å². The number of aliphatic hydroxyl groups is 1. The molecule has 0 spiro atoms. The molecule has 14 heavy (non-hydrogen) atoms. The summed E-state index contributed by atoms with van der Waals surface area (Å²) in [5.74, 6) is 0. The summed E-state index contributed by atoms with van der Waals surface area (Å²) >= 11 is 3.54.